The van der Waals surface area contributed by atoms with Crippen molar-refractivity contribution in [1.82, 2.24) is 0 Å². The Morgan fingerprint density at radius 3 is 2.25 bits per heavy atom. The predicted molar refractivity (Wildman–Crippen MR) is 53.2 cm³/mol. The lowest BCUT2D eigenvalue weighted by Crippen LogP contribution is -2.12. The van der Waals surface area contributed by atoms with Crippen LogP contribution in [0.3, 0.4) is 0 Å². The van der Waals surface area contributed by atoms with Crippen LogP contribution in [0.4, 0.5) is 0 Å². The van der Waals surface area contributed by atoms with Gasteiger partial charge < -0.3 is 0 Å². The average Bonchev–Trinajstić information content (AvgIpc) is 2.03. The molecule has 1 heteroatoms. The number of carbonyl (C=O) groups excluding carboxylic acids is 1. The van der Waals surface area contributed by atoms with E-state index < -0.39 is 0 Å². The molecule has 0 fully saturated rings. The van der Waals surface area contributed by atoms with Crippen molar-refractivity contribution in [2.45, 2.75) is 53.4 Å². The van der Waals surface area contributed by atoms with Crippen LogP contribution in [-0.2, 0) is 4.79 Å². The van der Waals surface area contributed by atoms with Gasteiger partial charge in [0.25, 0.3) is 0 Å². The second-order valence-electron chi connectivity index (χ2n) is 3.81. The summed E-state index contributed by atoms with van der Waals surface area (Å²) >= 11 is 0. The Hall–Kier alpha value is -0.330. The van der Waals surface area contributed by atoms with E-state index in [1.807, 2.05) is 6.92 Å². The third kappa shape index (κ3) is 4.53. The molecule has 0 saturated carbocycles. The van der Waals surface area contributed by atoms with E-state index >= 15 is 0 Å². The Bertz CT molecular complexity index is 129. The molecule has 0 aromatic heterocycles. The van der Waals surface area contributed by atoms with E-state index in [1.54, 1.807) is 6.92 Å². The SMILES string of the molecule is CCC[C@@H](CC)CC(C)C(C)=O. The molecule has 1 nitrogen and oxygen atoms in total. The molecule has 0 aliphatic rings. The van der Waals surface area contributed by atoms with Crippen molar-refractivity contribution in [2.75, 3.05) is 0 Å². The van der Waals surface area contributed by atoms with E-state index in [2.05, 4.69) is 13.8 Å². The molecule has 12 heavy (non-hydrogen) atoms. The second-order valence-corrected chi connectivity index (χ2v) is 3.81. The standard InChI is InChI=1S/C11H22O/c1-5-7-11(6-2)8-9(3)10(4)12/h9,11H,5-8H2,1-4H3/t9?,11-/m1/s1. The van der Waals surface area contributed by atoms with Crippen molar-refractivity contribution in [3.05, 3.63) is 0 Å². The first-order valence-electron chi connectivity index (χ1n) is 5.12. The molecule has 0 aliphatic carbocycles. The minimum Gasteiger partial charge on any atom is -0.300 e. The lowest BCUT2D eigenvalue weighted by molar-refractivity contribution is -0.120. The van der Waals surface area contributed by atoms with Gasteiger partial charge in [-0.3, -0.25) is 4.79 Å². The summed E-state index contributed by atoms with van der Waals surface area (Å²) in [5.41, 5.74) is 0. The summed E-state index contributed by atoms with van der Waals surface area (Å²) in [6.45, 7) is 8.16. The van der Waals surface area contributed by atoms with E-state index in [4.69, 9.17) is 0 Å². The smallest absolute Gasteiger partial charge is 0.132 e. The van der Waals surface area contributed by atoms with Crippen molar-refractivity contribution in [3.8, 4) is 0 Å². The Balaban J connectivity index is 3.76. The van der Waals surface area contributed by atoms with Gasteiger partial charge >= 0.3 is 0 Å². The van der Waals surface area contributed by atoms with Gasteiger partial charge in [-0.05, 0) is 19.3 Å². The fraction of sp³-hybridized carbons (Fsp3) is 0.909. The highest BCUT2D eigenvalue weighted by atomic mass is 16.1. The van der Waals surface area contributed by atoms with Crippen LogP contribution < -0.4 is 0 Å². The van der Waals surface area contributed by atoms with Crippen LogP contribution in [0.1, 0.15) is 53.4 Å². The summed E-state index contributed by atoms with van der Waals surface area (Å²) in [5, 5.41) is 0. The van der Waals surface area contributed by atoms with Gasteiger partial charge in [-0.1, -0.05) is 40.0 Å². The molecule has 0 rings (SSSR count). The highest BCUT2D eigenvalue weighted by Gasteiger charge is 2.13. The molecule has 0 aliphatic heterocycles. The monoisotopic (exact) mass is 170 g/mol. The summed E-state index contributed by atoms with van der Waals surface area (Å²) in [5.74, 6) is 1.36. The van der Waals surface area contributed by atoms with Gasteiger partial charge in [-0.15, -0.1) is 0 Å². The van der Waals surface area contributed by atoms with Gasteiger partial charge in [0, 0.05) is 5.92 Å². The minimum absolute atomic E-state index is 0.265. The van der Waals surface area contributed by atoms with Gasteiger partial charge in [0.1, 0.15) is 5.78 Å². The molecular weight excluding hydrogens is 148 g/mol. The molecule has 0 aromatic carbocycles. The van der Waals surface area contributed by atoms with Crippen molar-refractivity contribution >= 4 is 5.78 Å². The summed E-state index contributed by atoms with van der Waals surface area (Å²) < 4.78 is 0. The van der Waals surface area contributed by atoms with Crippen molar-refractivity contribution in [1.29, 1.82) is 0 Å². The third-order valence-corrected chi connectivity index (χ3v) is 2.66. The molecule has 1 unspecified atom stereocenters. The molecule has 72 valence electrons. The Labute approximate surface area is 76.6 Å². The van der Waals surface area contributed by atoms with Crippen LogP contribution in [0, 0.1) is 11.8 Å². The first kappa shape index (κ1) is 11.7. The van der Waals surface area contributed by atoms with Crippen LogP contribution >= 0.6 is 0 Å². The first-order chi connectivity index (χ1) is 5.61. The molecule has 0 saturated heterocycles. The Morgan fingerprint density at radius 2 is 1.92 bits per heavy atom. The van der Waals surface area contributed by atoms with E-state index in [9.17, 15) is 4.79 Å². The topological polar surface area (TPSA) is 17.1 Å². The highest BCUT2D eigenvalue weighted by molar-refractivity contribution is 5.77. The zero-order chi connectivity index (χ0) is 9.56. The van der Waals surface area contributed by atoms with Crippen LogP contribution in [0.25, 0.3) is 0 Å². The number of Topliss-reactive ketones (excluding diaryl/α,β-unsaturated/α-hetero) is 1. The summed E-state index contributed by atoms with van der Waals surface area (Å²) in [7, 11) is 0. The van der Waals surface area contributed by atoms with Crippen LogP contribution in [0.2, 0.25) is 0 Å². The fourth-order valence-electron chi connectivity index (χ4n) is 1.56. The molecule has 0 radical (unpaired) electrons. The van der Waals surface area contributed by atoms with Crippen molar-refractivity contribution in [3.63, 3.8) is 0 Å². The average molecular weight is 170 g/mol. The van der Waals surface area contributed by atoms with E-state index in [1.165, 1.54) is 19.3 Å². The minimum atomic E-state index is 0.265. The lowest BCUT2D eigenvalue weighted by Gasteiger charge is -2.16. The number of hydrogen-bond donors (Lipinski definition) is 0. The van der Waals surface area contributed by atoms with E-state index in [0.717, 1.165) is 12.3 Å². The normalized spacial score (nSPS) is 15.7. The Kier molecular flexibility index (Phi) is 6.04. The molecular formula is C11H22O. The van der Waals surface area contributed by atoms with Crippen molar-refractivity contribution < 1.29 is 4.79 Å². The Morgan fingerprint density at radius 1 is 1.33 bits per heavy atom. The van der Waals surface area contributed by atoms with Crippen LogP contribution in [0.5, 0.6) is 0 Å². The molecule has 0 spiro atoms. The molecule has 0 N–H and O–H groups in total. The highest BCUT2D eigenvalue weighted by Crippen LogP contribution is 2.20. The molecule has 0 aromatic rings. The zero-order valence-corrected chi connectivity index (χ0v) is 8.89. The first-order valence-corrected chi connectivity index (χ1v) is 5.12. The van der Waals surface area contributed by atoms with E-state index in [0.29, 0.717) is 5.78 Å². The number of ketones is 1. The third-order valence-electron chi connectivity index (χ3n) is 2.66. The van der Waals surface area contributed by atoms with Crippen LogP contribution in [-0.4, -0.2) is 5.78 Å². The van der Waals surface area contributed by atoms with Crippen LogP contribution in [0.15, 0.2) is 0 Å². The van der Waals surface area contributed by atoms with Gasteiger partial charge in [-0.2, -0.15) is 0 Å². The molecule has 0 heterocycles. The lowest BCUT2D eigenvalue weighted by atomic mass is 9.88. The number of hydrogen-bond acceptors (Lipinski definition) is 1. The fourth-order valence-corrected chi connectivity index (χ4v) is 1.56. The molecule has 0 bridgehead atoms. The van der Waals surface area contributed by atoms with Gasteiger partial charge in [0.05, 0.1) is 0 Å². The zero-order valence-electron chi connectivity index (χ0n) is 8.89. The summed E-state index contributed by atoms with van der Waals surface area (Å²) in [6, 6.07) is 0. The second kappa shape index (κ2) is 6.22. The number of rotatable bonds is 6. The molecule has 2 atom stereocenters. The summed E-state index contributed by atoms with van der Waals surface area (Å²) in [4.78, 5) is 11.0. The quantitative estimate of drug-likeness (QED) is 0.597. The van der Waals surface area contributed by atoms with Gasteiger partial charge in [0.15, 0.2) is 0 Å². The maximum absolute atomic E-state index is 11.0. The van der Waals surface area contributed by atoms with Crippen molar-refractivity contribution in [2.24, 2.45) is 11.8 Å². The molecule has 0 amide bonds. The summed E-state index contributed by atoms with van der Waals surface area (Å²) in [6.07, 6.45) is 4.81. The van der Waals surface area contributed by atoms with Gasteiger partial charge in [0.2, 0.25) is 0 Å². The predicted octanol–water partition coefficient (Wildman–Crippen LogP) is 3.43. The maximum atomic E-state index is 11.0. The maximum Gasteiger partial charge on any atom is 0.132 e. The van der Waals surface area contributed by atoms with Gasteiger partial charge in [-0.25, -0.2) is 0 Å². The number of carbonyl (C=O) groups is 1. The largest absolute Gasteiger partial charge is 0.300 e. The van der Waals surface area contributed by atoms with E-state index in [-0.39, 0.29) is 5.92 Å².